The fourth-order valence-electron chi connectivity index (χ4n) is 1.76. The van der Waals surface area contributed by atoms with Crippen LogP contribution in [-0.4, -0.2) is 31.1 Å². The van der Waals surface area contributed by atoms with E-state index in [1.54, 1.807) is 11.3 Å². The minimum Gasteiger partial charge on any atom is -0.314 e. The Hall–Kier alpha value is 0.100. The second kappa shape index (κ2) is 6.15. The monoisotopic (exact) mass is 302 g/mol. The van der Waals surface area contributed by atoms with Gasteiger partial charge in [-0.05, 0) is 72.3 Å². The molecule has 1 N–H and O–H groups in total. The van der Waals surface area contributed by atoms with Crippen molar-refractivity contribution in [1.29, 1.82) is 0 Å². The molecule has 2 rings (SSSR count). The predicted octanol–water partition coefficient (Wildman–Crippen LogP) is 3.08. The lowest BCUT2D eigenvalue weighted by molar-refractivity contribution is 0.320. The molecule has 0 amide bonds. The average molecular weight is 303 g/mol. The first-order valence-electron chi connectivity index (χ1n) is 5.89. The molecule has 2 nitrogen and oxygen atoms in total. The molecule has 1 aliphatic carbocycles. The van der Waals surface area contributed by atoms with Crippen molar-refractivity contribution >= 4 is 27.3 Å². The number of rotatable bonds is 7. The number of hydrogen-bond acceptors (Lipinski definition) is 3. The van der Waals surface area contributed by atoms with Crippen molar-refractivity contribution in [3.05, 3.63) is 20.8 Å². The van der Waals surface area contributed by atoms with Gasteiger partial charge in [-0.25, -0.2) is 0 Å². The molecule has 1 aromatic rings. The summed E-state index contributed by atoms with van der Waals surface area (Å²) in [5.74, 6) is 0. The Kier molecular flexibility index (Phi) is 4.82. The van der Waals surface area contributed by atoms with Crippen LogP contribution in [0.2, 0.25) is 0 Å². The van der Waals surface area contributed by atoms with Gasteiger partial charge in [-0.3, -0.25) is 0 Å². The minimum absolute atomic E-state index is 0.845. The highest BCUT2D eigenvalue weighted by molar-refractivity contribution is 9.11. The van der Waals surface area contributed by atoms with E-state index in [0.717, 1.165) is 12.6 Å². The Morgan fingerprint density at radius 3 is 3.00 bits per heavy atom. The van der Waals surface area contributed by atoms with Crippen molar-refractivity contribution in [2.45, 2.75) is 31.8 Å². The highest BCUT2D eigenvalue weighted by atomic mass is 79.9. The van der Waals surface area contributed by atoms with E-state index in [-0.39, 0.29) is 0 Å². The molecule has 1 saturated carbocycles. The number of thiophene rings is 1. The van der Waals surface area contributed by atoms with Crippen LogP contribution in [0.4, 0.5) is 0 Å². The van der Waals surface area contributed by atoms with Crippen LogP contribution in [0.1, 0.15) is 24.8 Å². The van der Waals surface area contributed by atoms with Crippen molar-refractivity contribution in [2.75, 3.05) is 20.1 Å². The third-order valence-corrected chi connectivity index (χ3v) is 4.35. The average Bonchev–Trinajstić information content (AvgIpc) is 2.98. The summed E-state index contributed by atoms with van der Waals surface area (Å²) in [5.41, 5.74) is 1.41. The lowest BCUT2D eigenvalue weighted by Gasteiger charge is -2.15. The van der Waals surface area contributed by atoms with E-state index in [4.69, 9.17) is 0 Å². The lowest BCUT2D eigenvalue weighted by atomic mass is 10.3. The zero-order chi connectivity index (χ0) is 11.4. The maximum atomic E-state index is 3.55. The molecular formula is C12H19BrN2S. The quantitative estimate of drug-likeness (QED) is 0.779. The molecule has 90 valence electrons. The molecule has 0 radical (unpaired) electrons. The first kappa shape index (κ1) is 12.6. The first-order chi connectivity index (χ1) is 7.74. The van der Waals surface area contributed by atoms with E-state index >= 15 is 0 Å². The van der Waals surface area contributed by atoms with Gasteiger partial charge in [0, 0.05) is 12.6 Å². The molecule has 1 aliphatic rings. The summed E-state index contributed by atoms with van der Waals surface area (Å²) in [6, 6.07) is 3.06. The summed E-state index contributed by atoms with van der Waals surface area (Å²) in [6.45, 7) is 3.40. The van der Waals surface area contributed by atoms with Gasteiger partial charge in [0.15, 0.2) is 0 Å². The Balaban J connectivity index is 1.57. The summed E-state index contributed by atoms with van der Waals surface area (Å²) >= 11 is 5.26. The zero-order valence-corrected chi connectivity index (χ0v) is 12.1. The molecule has 0 aliphatic heterocycles. The molecule has 16 heavy (non-hydrogen) atoms. The highest BCUT2D eigenvalue weighted by Gasteiger charge is 2.19. The zero-order valence-electron chi connectivity index (χ0n) is 9.71. The third kappa shape index (κ3) is 4.53. The second-order valence-electron chi connectivity index (χ2n) is 4.58. The predicted molar refractivity (Wildman–Crippen MR) is 74.0 cm³/mol. The van der Waals surface area contributed by atoms with Gasteiger partial charge in [-0.1, -0.05) is 0 Å². The normalized spacial score (nSPS) is 15.9. The van der Waals surface area contributed by atoms with Crippen LogP contribution in [0, 0.1) is 0 Å². The topological polar surface area (TPSA) is 15.3 Å². The van der Waals surface area contributed by atoms with Gasteiger partial charge in [0.05, 0.1) is 3.79 Å². The van der Waals surface area contributed by atoms with Gasteiger partial charge in [-0.15, -0.1) is 11.3 Å². The molecule has 0 bridgehead atoms. The molecule has 0 unspecified atom stereocenters. The molecule has 0 saturated heterocycles. The Morgan fingerprint density at radius 1 is 1.56 bits per heavy atom. The maximum Gasteiger partial charge on any atom is 0.0701 e. The van der Waals surface area contributed by atoms with Crippen molar-refractivity contribution in [3.63, 3.8) is 0 Å². The molecule has 1 heterocycles. The number of nitrogens with one attached hydrogen (secondary N) is 1. The van der Waals surface area contributed by atoms with Gasteiger partial charge >= 0.3 is 0 Å². The summed E-state index contributed by atoms with van der Waals surface area (Å²) in [7, 11) is 2.20. The van der Waals surface area contributed by atoms with Gasteiger partial charge in [0.2, 0.25) is 0 Å². The number of nitrogens with zero attached hydrogens (tertiary/aromatic N) is 1. The highest BCUT2D eigenvalue weighted by Crippen LogP contribution is 2.21. The van der Waals surface area contributed by atoms with E-state index in [1.807, 2.05) is 0 Å². The van der Waals surface area contributed by atoms with E-state index in [0.29, 0.717) is 0 Å². The molecular weight excluding hydrogens is 284 g/mol. The van der Waals surface area contributed by atoms with Crippen LogP contribution < -0.4 is 5.32 Å². The van der Waals surface area contributed by atoms with E-state index < -0.39 is 0 Å². The largest absolute Gasteiger partial charge is 0.314 e. The van der Waals surface area contributed by atoms with Crippen molar-refractivity contribution in [1.82, 2.24) is 10.2 Å². The molecule has 4 heteroatoms. The van der Waals surface area contributed by atoms with Crippen LogP contribution in [-0.2, 0) is 6.54 Å². The summed E-state index contributed by atoms with van der Waals surface area (Å²) < 4.78 is 1.23. The Morgan fingerprint density at radius 2 is 2.38 bits per heavy atom. The van der Waals surface area contributed by atoms with Crippen molar-refractivity contribution in [2.24, 2.45) is 0 Å². The van der Waals surface area contributed by atoms with Gasteiger partial charge < -0.3 is 10.2 Å². The molecule has 0 spiro atoms. The third-order valence-electron chi connectivity index (χ3n) is 2.80. The van der Waals surface area contributed by atoms with Gasteiger partial charge in [0.1, 0.15) is 0 Å². The van der Waals surface area contributed by atoms with Crippen LogP contribution in [0.3, 0.4) is 0 Å². The Bertz CT molecular complexity index is 323. The van der Waals surface area contributed by atoms with Gasteiger partial charge in [0.25, 0.3) is 0 Å². The Labute approximate surface area is 110 Å². The molecule has 0 aromatic carbocycles. The number of hydrogen-bond donors (Lipinski definition) is 1. The SMILES string of the molecule is CN(CCCNC1CC1)Cc1csc(Br)c1. The van der Waals surface area contributed by atoms with Crippen molar-refractivity contribution < 1.29 is 0 Å². The maximum absolute atomic E-state index is 3.55. The van der Waals surface area contributed by atoms with Gasteiger partial charge in [-0.2, -0.15) is 0 Å². The summed E-state index contributed by atoms with van der Waals surface area (Å²) in [5, 5.41) is 5.77. The van der Waals surface area contributed by atoms with E-state index in [1.165, 1.54) is 41.7 Å². The minimum atomic E-state index is 0.845. The van der Waals surface area contributed by atoms with E-state index in [2.05, 4.69) is 44.6 Å². The van der Waals surface area contributed by atoms with Crippen LogP contribution in [0.5, 0.6) is 0 Å². The number of halogens is 1. The summed E-state index contributed by atoms with van der Waals surface area (Å²) in [6.07, 6.45) is 4.02. The van der Waals surface area contributed by atoms with Crippen molar-refractivity contribution in [3.8, 4) is 0 Å². The van der Waals surface area contributed by atoms with Crippen LogP contribution in [0.25, 0.3) is 0 Å². The van der Waals surface area contributed by atoms with Crippen LogP contribution >= 0.6 is 27.3 Å². The molecule has 0 atom stereocenters. The fourth-order valence-corrected chi connectivity index (χ4v) is 2.96. The summed E-state index contributed by atoms with van der Waals surface area (Å²) in [4.78, 5) is 2.39. The smallest absolute Gasteiger partial charge is 0.0701 e. The molecule has 1 fully saturated rings. The second-order valence-corrected chi connectivity index (χ2v) is 6.87. The first-order valence-corrected chi connectivity index (χ1v) is 7.56. The standard InChI is InChI=1S/C12H19BrN2S/c1-15(6-2-5-14-11-3-4-11)8-10-7-12(13)16-9-10/h7,9,11,14H,2-6,8H2,1H3. The lowest BCUT2D eigenvalue weighted by Crippen LogP contribution is -2.24. The van der Waals surface area contributed by atoms with E-state index in [9.17, 15) is 0 Å². The fraction of sp³-hybridized carbons (Fsp3) is 0.667. The molecule has 1 aromatic heterocycles. The van der Waals surface area contributed by atoms with Crippen LogP contribution in [0.15, 0.2) is 15.2 Å².